The molecule has 0 unspecified atom stereocenters. The zero-order chi connectivity index (χ0) is 10.7. The predicted molar refractivity (Wildman–Crippen MR) is 55.1 cm³/mol. The van der Waals surface area contributed by atoms with E-state index in [4.69, 9.17) is 22.9 Å². The third-order valence-electron chi connectivity index (χ3n) is 2.03. The molecule has 0 bridgehead atoms. The Morgan fingerprint density at radius 1 is 1.14 bits per heavy atom. The standard InChI is InChI=1S/C8H18N6/c1-4-5(2-7(9)10)6(14-13-4)3-8(11)12/h7-8H,2-3,9-12H2,1H3,(H,13,14). The lowest BCUT2D eigenvalue weighted by Crippen LogP contribution is -2.35. The molecule has 0 fully saturated rings. The molecule has 6 nitrogen and oxygen atoms in total. The largest absolute Gasteiger partial charge is 0.316 e. The second-order valence-corrected chi connectivity index (χ2v) is 3.51. The molecule has 6 heteroatoms. The first-order chi connectivity index (χ1) is 6.50. The molecule has 0 saturated heterocycles. The molecule has 1 aromatic heterocycles. The molecule has 0 spiro atoms. The molecule has 0 aromatic carbocycles. The third-order valence-corrected chi connectivity index (χ3v) is 2.03. The first-order valence-corrected chi connectivity index (χ1v) is 4.55. The number of aromatic nitrogens is 2. The molecule has 1 rings (SSSR count). The molecule has 1 heterocycles. The fourth-order valence-electron chi connectivity index (χ4n) is 1.40. The third kappa shape index (κ3) is 2.78. The Bertz CT molecular complexity index is 290. The minimum atomic E-state index is -0.398. The van der Waals surface area contributed by atoms with Gasteiger partial charge in [0.2, 0.25) is 0 Å². The summed E-state index contributed by atoms with van der Waals surface area (Å²) in [6, 6.07) is 0. The summed E-state index contributed by atoms with van der Waals surface area (Å²) in [6.45, 7) is 1.93. The molecule has 0 aliphatic carbocycles. The van der Waals surface area contributed by atoms with Gasteiger partial charge >= 0.3 is 0 Å². The van der Waals surface area contributed by atoms with Gasteiger partial charge in [-0.15, -0.1) is 0 Å². The van der Waals surface area contributed by atoms with Gasteiger partial charge in [0.1, 0.15) is 0 Å². The summed E-state index contributed by atoms with van der Waals surface area (Å²) in [6.07, 6.45) is 0.348. The van der Waals surface area contributed by atoms with Gasteiger partial charge in [-0.3, -0.25) is 5.10 Å². The van der Waals surface area contributed by atoms with Crippen molar-refractivity contribution < 1.29 is 0 Å². The van der Waals surface area contributed by atoms with Gasteiger partial charge in [-0.25, -0.2) is 0 Å². The Hall–Kier alpha value is -0.950. The Morgan fingerprint density at radius 2 is 1.71 bits per heavy atom. The van der Waals surface area contributed by atoms with Crippen molar-refractivity contribution in [3.63, 3.8) is 0 Å². The van der Waals surface area contributed by atoms with Crippen molar-refractivity contribution in [1.82, 2.24) is 10.2 Å². The Morgan fingerprint density at radius 3 is 2.21 bits per heavy atom. The predicted octanol–water partition coefficient (Wildman–Crippen LogP) is -1.71. The Kier molecular flexibility index (Phi) is 3.59. The fourth-order valence-corrected chi connectivity index (χ4v) is 1.40. The van der Waals surface area contributed by atoms with Gasteiger partial charge in [0.25, 0.3) is 0 Å². The van der Waals surface area contributed by atoms with Crippen LogP contribution in [0.5, 0.6) is 0 Å². The van der Waals surface area contributed by atoms with Gasteiger partial charge in [-0.2, -0.15) is 5.10 Å². The summed E-state index contributed by atoms with van der Waals surface area (Å²) in [4.78, 5) is 0. The number of aryl methyl sites for hydroxylation is 1. The summed E-state index contributed by atoms with van der Waals surface area (Å²) in [5, 5.41) is 6.99. The topological polar surface area (TPSA) is 133 Å². The van der Waals surface area contributed by atoms with Crippen LogP contribution in [0.15, 0.2) is 0 Å². The number of rotatable bonds is 4. The van der Waals surface area contributed by atoms with E-state index in [1.807, 2.05) is 6.92 Å². The highest BCUT2D eigenvalue weighted by molar-refractivity contribution is 5.25. The summed E-state index contributed by atoms with van der Waals surface area (Å²) in [7, 11) is 0. The van der Waals surface area contributed by atoms with Gasteiger partial charge in [-0.05, 0) is 12.5 Å². The maximum absolute atomic E-state index is 5.53. The summed E-state index contributed by atoms with van der Waals surface area (Å²) >= 11 is 0. The normalized spacial score (nSPS) is 11.6. The van der Waals surface area contributed by atoms with E-state index in [1.165, 1.54) is 0 Å². The highest BCUT2D eigenvalue weighted by atomic mass is 15.1. The summed E-state index contributed by atoms with van der Waals surface area (Å²) in [5.74, 6) is 0. The average molecular weight is 198 g/mol. The molecule has 0 amide bonds. The lowest BCUT2D eigenvalue weighted by molar-refractivity contribution is 0.662. The first kappa shape index (κ1) is 11.1. The highest BCUT2D eigenvalue weighted by Gasteiger charge is 2.13. The Balaban J connectivity index is 2.82. The second-order valence-electron chi connectivity index (χ2n) is 3.51. The van der Waals surface area contributed by atoms with Gasteiger partial charge in [0, 0.05) is 18.5 Å². The van der Waals surface area contributed by atoms with Gasteiger partial charge < -0.3 is 22.9 Å². The van der Waals surface area contributed by atoms with Crippen LogP contribution in [0.1, 0.15) is 17.0 Å². The van der Waals surface area contributed by atoms with Crippen LogP contribution in [0.3, 0.4) is 0 Å². The maximum Gasteiger partial charge on any atom is 0.0686 e. The zero-order valence-corrected chi connectivity index (χ0v) is 8.33. The van der Waals surface area contributed by atoms with Crippen LogP contribution in [0.4, 0.5) is 0 Å². The number of hydrogen-bond acceptors (Lipinski definition) is 5. The molecule has 0 aliphatic heterocycles. The van der Waals surface area contributed by atoms with Gasteiger partial charge in [-0.1, -0.05) is 0 Å². The Labute approximate surface area is 83.0 Å². The van der Waals surface area contributed by atoms with Crippen LogP contribution in [0.25, 0.3) is 0 Å². The van der Waals surface area contributed by atoms with E-state index in [0.717, 1.165) is 17.0 Å². The van der Waals surface area contributed by atoms with Crippen LogP contribution in [-0.4, -0.2) is 22.5 Å². The molecule has 0 radical (unpaired) electrons. The summed E-state index contributed by atoms with van der Waals surface area (Å²) in [5.41, 5.74) is 24.9. The van der Waals surface area contributed by atoms with Crippen molar-refractivity contribution in [2.45, 2.75) is 32.1 Å². The number of nitrogens with one attached hydrogen (secondary N) is 1. The molecule has 1 aromatic rings. The lowest BCUT2D eigenvalue weighted by atomic mass is 10.1. The van der Waals surface area contributed by atoms with Crippen LogP contribution < -0.4 is 22.9 Å². The lowest BCUT2D eigenvalue weighted by Gasteiger charge is -2.08. The van der Waals surface area contributed by atoms with Crippen molar-refractivity contribution in [2.24, 2.45) is 22.9 Å². The smallest absolute Gasteiger partial charge is 0.0686 e. The second kappa shape index (κ2) is 4.52. The first-order valence-electron chi connectivity index (χ1n) is 4.55. The van der Waals surface area contributed by atoms with E-state index < -0.39 is 6.17 Å². The minimum absolute atomic E-state index is 0.376. The monoisotopic (exact) mass is 198 g/mol. The molecule has 0 saturated carbocycles. The van der Waals surface area contributed by atoms with Crippen molar-refractivity contribution in [3.8, 4) is 0 Å². The van der Waals surface area contributed by atoms with E-state index in [9.17, 15) is 0 Å². The number of aromatic amines is 1. The van der Waals surface area contributed by atoms with E-state index >= 15 is 0 Å². The fraction of sp³-hybridized carbons (Fsp3) is 0.625. The van der Waals surface area contributed by atoms with Crippen LogP contribution in [-0.2, 0) is 12.8 Å². The quantitative estimate of drug-likeness (QED) is 0.367. The number of nitrogens with zero attached hydrogens (tertiary/aromatic N) is 1. The average Bonchev–Trinajstić information content (AvgIpc) is 2.34. The van der Waals surface area contributed by atoms with E-state index in [0.29, 0.717) is 12.8 Å². The van der Waals surface area contributed by atoms with Crippen molar-refractivity contribution in [3.05, 3.63) is 17.0 Å². The van der Waals surface area contributed by atoms with Crippen molar-refractivity contribution >= 4 is 0 Å². The number of H-pyrrole nitrogens is 1. The number of hydrogen-bond donors (Lipinski definition) is 5. The highest BCUT2D eigenvalue weighted by Crippen LogP contribution is 2.12. The van der Waals surface area contributed by atoms with Crippen molar-refractivity contribution in [1.29, 1.82) is 0 Å². The van der Waals surface area contributed by atoms with Crippen molar-refractivity contribution in [2.75, 3.05) is 0 Å². The SMILES string of the molecule is Cc1[nH]nc(CC(N)N)c1CC(N)N. The molecular formula is C8H18N6. The van der Waals surface area contributed by atoms with E-state index in [1.54, 1.807) is 0 Å². The van der Waals surface area contributed by atoms with E-state index in [2.05, 4.69) is 10.2 Å². The molecule has 0 aliphatic rings. The van der Waals surface area contributed by atoms with Crippen LogP contribution in [0, 0.1) is 6.92 Å². The van der Waals surface area contributed by atoms with E-state index in [-0.39, 0.29) is 6.17 Å². The minimum Gasteiger partial charge on any atom is -0.316 e. The molecule has 80 valence electrons. The zero-order valence-electron chi connectivity index (χ0n) is 8.33. The van der Waals surface area contributed by atoms with Gasteiger partial charge in [0.15, 0.2) is 0 Å². The maximum atomic E-state index is 5.53. The molecular weight excluding hydrogens is 180 g/mol. The van der Waals surface area contributed by atoms with Crippen LogP contribution >= 0.6 is 0 Å². The molecule has 14 heavy (non-hydrogen) atoms. The van der Waals surface area contributed by atoms with Crippen LogP contribution in [0.2, 0.25) is 0 Å². The number of nitrogens with two attached hydrogens (primary N) is 4. The van der Waals surface area contributed by atoms with Gasteiger partial charge in [0.05, 0.1) is 18.0 Å². The molecule has 9 N–H and O–H groups in total. The summed E-state index contributed by atoms with van der Waals surface area (Å²) < 4.78 is 0. The molecule has 0 atom stereocenters.